The molecule has 0 amide bonds. The van der Waals surface area contributed by atoms with Gasteiger partial charge in [0.15, 0.2) is 0 Å². The average Bonchev–Trinajstić information content (AvgIpc) is 2.69. The molecule has 7 heteroatoms. The fourth-order valence-electron chi connectivity index (χ4n) is 3.37. The van der Waals surface area contributed by atoms with Gasteiger partial charge in [-0.3, -0.25) is 4.90 Å². The van der Waals surface area contributed by atoms with E-state index in [0.29, 0.717) is 12.5 Å². The van der Waals surface area contributed by atoms with Crippen LogP contribution < -0.4 is 9.64 Å². The third-order valence-corrected chi connectivity index (χ3v) is 5.43. The number of benzene rings is 1. The second-order valence-corrected chi connectivity index (χ2v) is 8.00. The number of halogens is 1. The molecular weight excluding hydrogens is 376 g/mol. The number of hydrogen-bond donors (Lipinski definition) is 1. The highest BCUT2D eigenvalue weighted by molar-refractivity contribution is 6.31. The SMILES string of the molecule is Cc1cc(OCC(O)CN2CCN(c3ncccn3)CC2)c(C(C)C)cc1Cl. The van der Waals surface area contributed by atoms with Crippen LogP contribution in [0, 0.1) is 6.92 Å². The highest BCUT2D eigenvalue weighted by Crippen LogP contribution is 2.32. The van der Waals surface area contributed by atoms with Gasteiger partial charge in [0, 0.05) is 50.1 Å². The number of aliphatic hydroxyl groups excluding tert-OH is 1. The van der Waals surface area contributed by atoms with Gasteiger partial charge in [0.25, 0.3) is 0 Å². The maximum Gasteiger partial charge on any atom is 0.225 e. The monoisotopic (exact) mass is 404 g/mol. The lowest BCUT2D eigenvalue weighted by atomic mass is 10.0. The fraction of sp³-hybridized carbons (Fsp3) is 0.524. The molecule has 1 aromatic carbocycles. The van der Waals surface area contributed by atoms with E-state index in [1.807, 2.05) is 25.1 Å². The van der Waals surface area contributed by atoms with Crippen molar-refractivity contribution in [2.75, 3.05) is 44.2 Å². The molecule has 1 aliphatic heterocycles. The summed E-state index contributed by atoms with van der Waals surface area (Å²) in [6.45, 7) is 10.5. The van der Waals surface area contributed by atoms with Crippen LogP contribution in [0.4, 0.5) is 5.95 Å². The number of piperazine rings is 1. The van der Waals surface area contributed by atoms with Crippen LogP contribution in [0.2, 0.25) is 5.02 Å². The number of β-amino-alcohol motifs (C(OH)–C–C–N with tert-alkyl or cyclic N) is 1. The number of aliphatic hydroxyl groups is 1. The largest absolute Gasteiger partial charge is 0.491 e. The average molecular weight is 405 g/mol. The normalized spacial score (nSPS) is 16.4. The van der Waals surface area contributed by atoms with E-state index < -0.39 is 6.10 Å². The smallest absolute Gasteiger partial charge is 0.225 e. The summed E-state index contributed by atoms with van der Waals surface area (Å²) in [5, 5.41) is 11.2. The number of aryl methyl sites for hydroxylation is 1. The molecule has 1 fully saturated rings. The Morgan fingerprint density at radius 1 is 1.14 bits per heavy atom. The highest BCUT2D eigenvalue weighted by atomic mass is 35.5. The van der Waals surface area contributed by atoms with E-state index in [9.17, 15) is 5.11 Å². The molecule has 0 saturated carbocycles. The predicted molar refractivity (Wildman–Crippen MR) is 112 cm³/mol. The Morgan fingerprint density at radius 3 is 2.46 bits per heavy atom. The summed E-state index contributed by atoms with van der Waals surface area (Å²) in [4.78, 5) is 13.0. The quantitative estimate of drug-likeness (QED) is 0.765. The molecule has 3 rings (SSSR count). The first-order chi connectivity index (χ1) is 13.4. The zero-order chi connectivity index (χ0) is 20.1. The van der Waals surface area contributed by atoms with Crippen LogP contribution in [0.5, 0.6) is 5.75 Å². The van der Waals surface area contributed by atoms with Gasteiger partial charge in [-0.1, -0.05) is 25.4 Å². The van der Waals surface area contributed by atoms with E-state index >= 15 is 0 Å². The molecule has 1 aliphatic rings. The summed E-state index contributed by atoms with van der Waals surface area (Å²) in [5.41, 5.74) is 2.05. The van der Waals surface area contributed by atoms with Crippen molar-refractivity contribution in [2.24, 2.45) is 0 Å². The van der Waals surface area contributed by atoms with Crippen molar-refractivity contribution in [3.8, 4) is 5.75 Å². The van der Waals surface area contributed by atoms with Crippen LogP contribution in [0.1, 0.15) is 30.9 Å². The minimum absolute atomic E-state index is 0.267. The molecule has 1 saturated heterocycles. The molecule has 1 unspecified atom stereocenters. The summed E-state index contributed by atoms with van der Waals surface area (Å²) in [6, 6.07) is 5.75. The number of hydrogen-bond acceptors (Lipinski definition) is 6. The Kier molecular flexibility index (Phi) is 7.10. The molecule has 152 valence electrons. The molecule has 1 atom stereocenters. The van der Waals surface area contributed by atoms with E-state index in [1.54, 1.807) is 12.4 Å². The Balaban J connectivity index is 1.49. The third-order valence-electron chi connectivity index (χ3n) is 5.02. The van der Waals surface area contributed by atoms with Gasteiger partial charge in [-0.05, 0) is 42.2 Å². The van der Waals surface area contributed by atoms with Gasteiger partial charge in [0.05, 0.1) is 0 Å². The summed E-state index contributed by atoms with van der Waals surface area (Å²) in [6.07, 6.45) is 2.98. The van der Waals surface area contributed by atoms with Crippen LogP contribution in [0.25, 0.3) is 0 Å². The maximum atomic E-state index is 10.5. The number of nitrogens with zero attached hydrogens (tertiary/aromatic N) is 4. The Bertz CT molecular complexity index is 765. The van der Waals surface area contributed by atoms with Crippen LogP contribution in [-0.4, -0.2) is 65.4 Å². The summed E-state index contributed by atoms with van der Waals surface area (Å²) in [5.74, 6) is 1.88. The molecule has 2 aromatic rings. The van der Waals surface area contributed by atoms with Gasteiger partial charge in [0.1, 0.15) is 18.5 Å². The fourth-order valence-corrected chi connectivity index (χ4v) is 3.54. The predicted octanol–water partition coefficient (Wildman–Crippen LogP) is 3.12. The molecule has 0 spiro atoms. The van der Waals surface area contributed by atoms with Gasteiger partial charge in [0.2, 0.25) is 5.95 Å². The number of aromatic nitrogens is 2. The molecule has 1 N–H and O–H groups in total. The molecule has 1 aromatic heterocycles. The first-order valence-corrected chi connectivity index (χ1v) is 10.2. The van der Waals surface area contributed by atoms with Crippen LogP contribution in [0.3, 0.4) is 0 Å². The summed E-state index contributed by atoms with van der Waals surface area (Å²) < 4.78 is 5.96. The van der Waals surface area contributed by atoms with E-state index in [2.05, 4.69) is 33.6 Å². The molecule has 0 aliphatic carbocycles. The minimum atomic E-state index is -0.546. The molecule has 6 nitrogen and oxygen atoms in total. The molecule has 2 heterocycles. The Morgan fingerprint density at radius 2 is 1.82 bits per heavy atom. The van der Waals surface area contributed by atoms with E-state index in [-0.39, 0.29) is 6.61 Å². The zero-order valence-corrected chi connectivity index (χ0v) is 17.6. The second-order valence-electron chi connectivity index (χ2n) is 7.60. The summed E-state index contributed by atoms with van der Waals surface area (Å²) in [7, 11) is 0. The molecular formula is C21H29ClN4O2. The van der Waals surface area contributed by atoms with Gasteiger partial charge >= 0.3 is 0 Å². The molecule has 0 radical (unpaired) electrons. The zero-order valence-electron chi connectivity index (χ0n) is 16.8. The topological polar surface area (TPSA) is 61.7 Å². The van der Waals surface area contributed by atoms with Crippen molar-refractivity contribution in [1.82, 2.24) is 14.9 Å². The standard InChI is InChI=1S/C21H29ClN4O2/c1-15(2)18-12-19(22)16(3)11-20(18)28-14-17(27)13-25-7-9-26(10-8-25)21-23-5-4-6-24-21/h4-6,11-12,15,17,27H,7-10,13-14H2,1-3H3. The van der Waals surface area contributed by atoms with Crippen molar-refractivity contribution in [1.29, 1.82) is 0 Å². The lowest BCUT2D eigenvalue weighted by Crippen LogP contribution is -2.49. The van der Waals surface area contributed by atoms with Crippen LogP contribution in [-0.2, 0) is 0 Å². The first kappa shape index (κ1) is 20.8. The van der Waals surface area contributed by atoms with Crippen LogP contribution in [0.15, 0.2) is 30.6 Å². The third kappa shape index (κ3) is 5.34. The second kappa shape index (κ2) is 9.54. The van der Waals surface area contributed by atoms with E-state index in [0.717, 1.165) is 54.0 Å². The number of anilines is 1. The maximum absolute atomic E-state index is 10.5. The van der Waals surface area contributed by atoms with Gasteiger partial charge in [-0.15, -0.1) is 0 Å². The van der Waals surface area contributed by atoms with Crippen molar-refractivity contribution >= 4 is 17.5 Å². The molecule has 28 heavy (non-hydrogen) atoms. The van der Waals surface area contributed by atoms with Crippen LogP contribution >= 0.6 is 11.6 Å². The van der Waals surface area contributed by atoms with Gasteiger partial charge in [-0.2, -0.15) is 0 Å². The van der Waals surface area contributed by atoms with E-state index in [4.69, 9.17) is 16.3 Å². The summed E-state index contributed by atoms with van der Waals surface area (Å²) >= 11 is 6.25. The number of rotatable bonds is 7. The minimum Gasteiger partial charge on any atom is -0.491 e. The first-order valence-electron chi connectivity index (χ1n) is 9.79. The highest BCUT2D eigenvalue weighted by Gasteiger charge is 2.21. The van der Waals surface area contributed by atoms with Gasteiger partial charge < -0.3 is 14.7 Å². The lowest BCUT2D eigenvalue weighted by molar-refractivity contribution is 0.0658. The Labute approximate surface area is 172 Å². The van der Waals surface area contributed by atoms with Crippen molar-refractivity contribution < 1.29 is 9.84 Å². The van der Waals surface area contributed by atoms with E-state index in [1.165, 1.54) is 0 Å². The van der Waals surface area contributed by atoms with Gasteiger partial charge in [-0.25, -0.2) is 9.97 Å². The van der Waals surface area contributed by atoms with Crippen molar-refractivity contribution in [3.05, 3.63) is 46.7 Å². The lowest BCUT2D eigenvalue weighted by Gasteiger charge is -2.35. The molecule has 0 bridgehead atoms. The van der Waals surface area contributed by atoms with Crippen molar-refractivity contribution in [2.45, 2.75) is 32.8 Å². The number of ether oxygens (including phenoxy) is 1. The Hall–Kier alpha value is -1.89. The van der Waals surface area contributed by atoms with Crippen molar-refractivity contribution in [3.63, 3.8) is 0 Å².